The highest BCUT2D eigenvalue weighted by molar-refractivity contribution is 7.15. The molecule has 0 unspecified atom stereocenters. The van der Waals surface area contributed by atoms with E-state index in [1.165, 1.54) is 17.4 Å². The van der Waals surface area contributed by atoms with Crippen molar-refractivity contribution in [3.8, 4) is 0 Å². The molecule has 1 aliphatic carbocycles. The van der Waals surface area contributed by atoms with Gasteiger partial charge >= 0.3 is 0 Å². The van der Waals surface area contributed by atoms with Gasteiger partial charge < -0.3 is 4.42 Å². The number of rotatable bonds is 3. The highest BCUT2D eigenvalue weighted by Crippen LogP contribution is 2.42. The molecule has 1 aromatic carbocycles. The first kappa shape index (κ1) is 13.1. The van der Waals surface area contributed by atoms with Crippen LogP contribution in [0.5, 0.6) is 0 Å². The van der Waals surface area contributed by atoms with Crippen molar-refractivity contribution in [2.45, 2.75) is 18.8 Å². The van der Waals surface area contributed by atoms with Crippen molar-refractivity contribution in [3.63, 3.8) is 0 Å². The maximum Gasteiger partial charge on any atom is 0.293 e. The summed E-state index contributed by atoms with van der Waals surface area (Å²) in [6.45, 7) is 0. The van der Waals surface area contributed by atoms with Crippen LogP contribution in [0.3, 0.4) is 0 Å². The zero-order valence-corrected chi connectivity index (χ0v) is 12.2. The second-order valence-electron chi connectivity index (χ2n) is 5.14. The molecule has 110 valence electrons. The van der Waals surface area contributed by atoms with Gasteiger partial charge in [0.25, 0.3) is 5.91 Å². The SMILES string of the molecule is O=C(Nc1nnc(C2CC2)s1)c1cc(=O)c2ccccc2o1. The van der Waals surface area contributed by atoms with E-state index in [2.05, 4.69) is 15.5 Å². The smallest absolute Gasteiger partial charge is 0.293 e. The van der Waals surface area contributed by atoms with Crippen LogP contribution in [-0.4, -0.2) is 16.1 Å². The quantitative estimate of drug-likeness (QED) is 0.803. The summed E-state index contributed by atoms with van der Waals surface area (Å²) in [5.41, 5.74) is 0.138. The normalized spacial score (nSPS) is 14.2. The van der Waals surface area contributed by atoms with E-state index in [9.17, 15) is 9.59 Å². The Balaban J connectivity index is 1.62. The summed E-state index contributed by atoms with van der Waals surface area (Å²) in [4.78, 5) is 24.2. The van der Waals surface area contributed by atoms with Crippen LogP contribution >= 0.6 is 11.3 Å². The van der Waals surface area contributed by atoms with Crippen molar-refractivity contribution >= 4 is 33.3 Å². The maximum atomic E-state index is 12.2. The molecule has 1 N–H and O–H groups in total. The number of carbonyl (C=O) groups is 1. The molecular weight excluding hydrogens is 302 g/mol. The van der Waals surface area contributed by atoms with E-state index < -0.39 is 5.91 Å². The predicted octanol–water partition coefficient (Wildman–Crippen LogP) is 2.77. The summed E-state index contributed by atoms with van der Waals surface area (Å²) < 4.78 is 5.49. The summed E-state index contributed by atoms with van der Waals surface area (Å²) in [5, 5.41) is 12.4. The van der Waals surface area contributed by atoms with E-state index >= 15 is 0 Å². The monoisotopic (exact) mass is 313 g/mol. The van der Waals surface area contributed by atoms with Gasteiger partial charge in [-0.05, 0) is 25.0 Å². The molecule has 4 rings (SSSR count). The summed E-state index contributed by atoms with van der Waals surface area (Å²) in [6, 6.07) is 8.01. The molecule has 0 bridgehead atoms. The number of hydrogen-bond donors (Lipinski definition) is 1. The number of anilines is 1. The minimum Gasteiger partial charge on any atom is -0.451 e. The first-order chi connectivity index (χ1) is 10.7. The Hall–Kier alpha value is -2.54. The molecule has 0 saturated heterocycles. The standard InChI is InChI=1S/C15H11N3O3S/c19-10-7-12(21-11-4-2-1-3-9(10)11)13(20)16-15-18-17-14(22-15)8-5-6-8/h1-4,7-8H,5-6H2,(H,16,18,20). The molecule has 1 fully saturated rings. The molecule has 1 saturated carbocycles. The first-order valence-electron chi connectivity index (χ1n) is 6.88. The third kappa shape index (κ3) is 2.39. The molecule has 0 atom stereocenters. The van der Waals surface area contributed by atoms with Crippen LogP contribution in [0, 0.1) is 0 Å². The predicted molar refractivity (Wildman–Crippen MR) is 82.3 cm³/mol. The van der Waals surface area contributed by atoms with E-state index in [-0.39, 0.29) is 11.2 Å². The Morgan fingerprint density at radius 3 is 2.91 bits per heavy atom. The molecule has 0 radical (unpaired) electrons. The molecule has 0 aliphatic heterocycles. The molecule has 3 aromatic rings. The van der Waals surface area contributed by atoms with E-state index in [4.69, 9.17) is 4.42 Å². The average molecular weight is 313 g/mol. The molecule has 1 amide bonds. The van der Waals surface area contributed by atoms with Crippen molar-refractivity contribution in [1.82, 2.24) is 10.2 Å². The molecular formula is C15H11N3O3S. The highest BCUT2D eigenvalue weighted by Gasteiger charge is 2.28. The number of nitrogens with zero attached hydrogens (tertiary/aromatic N) is 2. The van der Waals surface area contributed by atoms with Crippen molar-refractivity contribution in [1.29, 1.82) is 0 Å². The number of benzene rings is 1. The summed E-state index contributed by atoms with van der Waals surface area (Å²) in [7, 11) is 0. The second-order valence-corrected chi connectivity index (χ2v) is 6.15. The van der Waals surface area contributed by atoms with Crippen LogP contribution in [0.1, 0.15) is 34.3 Å². The number of fused-ring (bicyclic) bond motifs is 1. The van der Waals surface area contributed by atoms with Gasteiger partial charge in [-0.25, -0.2) is 0 Å². The zero-order chi connectivity index (χ0) is 15.1. The second kappa shape index (κ2) is 5.03. The Bertz CT molecular complexity index is 927. The van der Waals surface area contributed by atoms with Crippen LogP contribution in [0.25, 0.3) is 11.0 Å². The van der Waals surface area contributed by atoms with Crippen molar-refractivity contribution in [2.24, 2.45) is 0 Å². The maximum absolute atomic E-state index is 12.2. The topological polar surface area (TPSA) is 85.1 Å². The number of hydrogen-bond acceptors (Lipinski definition) is 6. The third-order valence-electron chi connectivity index (χ3n) is 3.45. The number of aromatic nitrogens is 2. The van der Waals surface area contributed by atoms with E-state index in [0.717, 1.165) is 17.8 Å². The number of nitrogens with one attached hydrogen (secondary N) is 1. The fourth-order valence-corrected chi connectivity index (χ4v) is 3.06. The Kier molecular flexibility index (Phi) is 3.00. The van der Waals surface area contributed by atoms with Crippen LogP contribution in [0.15, 0.2) is 39.5 Å². The average Bonchev–Trinajstić information content (AvgIpc) is 3.27. The molecule has 2 heterocycles. The van der Waals surface area contributed by atoms with Crippen LogP contribution in [-0.2, 0) is 0 Å². The highest BCUT2D eigenvalue weighted by atomic mass is 32.1. The van der Waals surface area contributed by atoms with Gasteiger partial charge in [-0.2, -0.15) is 0 Å². The van der Waals surface area contributed by atoms with Crippen molar-refractivity contribution < 1.29 is 9.21 Å². The Labute approximate surface area is 128 Å². The zero-order valence-electron chi connectivity index (χ0n) is 11.4. The van der Waals surface area contributed by atoms with Gasteiger partial charge in [-0.1, -0.05) is 23.5 Å². The minimum atomic E-state index is -0.499. The van der Waals surface area contributed by atoms with Gasteiger partial charge in [0.15, 0.2) is 11.2 Å². The van der Waals surface area contributed by atoms with Crippen LogP contribution in [0.4, 0.5) is 5.13 Å². The van der Waals surface area contributed by atoms with Gasteiger partial charge in [0.1, 0.15) is 10.6 Å². The third-order valence-corrected chi connectivity index (χ3v) is 4.45. The van der Waals surface area contributed by atoms with Crippen LogP contribution < -0.4 is 10.7 Å². The fourth-order valence-electron chi connectivity index (χ4n) is 2.15. The lowest BCUT2D eigenvalue weighted by atomic mass is 10.2. The summed E-state index contributed by atoms with van der Waals surface area (Å²) >= 11 is 1.36. The first-order valence-corrected chi connectivity index (χ1v) is 7.70. The molecule has 2 aromatic heterocycles. The minimum absolute atomic E-state index is 0.0353. The molecule has 7 heteroatoms. The Morgan fingerprint density at radius 2 is 2.09 bits per heavy atom. The molecule has 6 nitrogen and oxygen atoms in total. The Morgan fingerprint density at radius 1 is 1.27 bits per heavy atom. The van der Waals surface area contributed by atoms with Crippen LogP contribution in [0.2, 0.25) is 0 Å². The lowest BCUT2D eigenvalue weighted by Gasteiger charge is -2.02. The van der Waals surface area contributed by atoms with Gasteiger partial charge in [-0.3, -0.25) is 14.9 Å². The summed E-state index contributed by atoms with van der Waals surface area (Å²) in [6.07, 6.45) is 2.25. The molecule has 1 aliphatic rings. The summed E-state index contributed by atoms with van der Waals surface area (Å²) in [5.74, 6) is -0.0463. The molecule has 0 spiro atoms. The number of carbonyl (C=O) groups excluding carboxylic acids is 1. The number of amides is 1. The van der Waals surface area contributed by atoms with Gasteiger partial charge in [0.05, 0.1) is 5.39 Å². The van der Waals surface area contributed by atoms with Gasteiger partial charge in [-0.15, -0.1) is 10.2 Å². The largest absolute Gasteiger partial charge is 0.451 e. The lowest BCUT2D eigenvalue weighted by molar-refractivity contribution is 0.0997. The molecule has 22 heavy (non-hydrogen) atoms. The van der Waals surface area contributed by atoms with E-state index in [1.54, 1.807) is 24.3 Å². The van der Waals surface area contributed by atoms with E-state index in [0.29, 0.717) is 22.0 Å². The van der Waals surface area contributed by atoms with Crippen molar-refractivity contribution in [3.05, 3.63) is 51.3 Å². The number of para-hydroxylation sites is 1. The van der Waals surface area contributed by atoms with Gasteiger partial charge in [0.2, 0.25) is 5.13 Å². The van der Waals surface area contributed by atoms with E-state index in [1.807, 2.05) is 0 Å². The van der Waals surface area contributed by atoms with Crippen molar-refractivity contribution in [2.75, 3.05) is 5.32 Å². The van der Waals surface area contributed by atoms with Gasteiger partial charge in [0, 0.05) is 12.0 Å². The lowest BCUT2D eigenvalue weighted by Crippen LogP contribution is -2.14. The fraction of sp³-hybridized carbons (Fsp3) is 0.200.